The minimum atomic E-state index is -0.0639. The molecule has 5 nitrogen and oxygen atoms in total. The van der Waals surface area contributed by atoms with Crippen molar-refractivity contribution in [3.05, 3.63) is 29.6 Å². The Morgan fingerprint density at radius 3 is 3.00 bits per heavy atom. The lowest BCUT2D eigenvalue weighted by molar-refractivity contribution is -0.118. The van der Waals surface area contributed by atoms with E-state index in [9.17, 15) is 4.79 Å². The van der Waals surface area contributed by atoms with E-state index in [0.29, 0.717) is 31.0 Å². The van der Waals surface area contributed by atoms with Gasteiger partial charge in [0, 0.05) is 32.3 Å². The number of nitrogens with one attached hydrogen (secondary N) is 1. The maximum absolute atomic E-state index is 10.9. The summed E-state index contributed by atoms with van der Waals surface area (Å²) in [6, 6.07) is 7.52. The fraction of sp³-hybridized carbons (Fsp3) is 0.357. The Morgan fingerprint density at radius 2 is 2.35 bits per heavy atom. The molecule has 0 spiro atoms. The van der Waals surface area contributed by atoms with Gasteiger partial charge in [0.15, 0.2) is 0 Å². The van der Waals surface area contributed by atoms with Crippen molar-refractivity contribution < 1.29 is 4.79 Å². The maximum atomic E-state index is 10.9. The lowest BCUT2D eigenvalue weighted by atomic mass is 10.2. The average Bonchev–Trinajstić information content (AvgIpc) is 2.76. The first-order valence-corrected chi connectivity index (χ1v) is 6.89. The van der Waals surface area contributed by atoms with Crippen molar-refractivity contribution in [1.82, 2.24) is 14.9 Å². The van der Waals surface area contributed by atoms with Gasteiger partial charge >= 0.3 is 0 Å². The van der Waals surface area contributed by atoms with Crippen molar-refractivity contribution in [2.45, 2.75) is 19.9 Å². The zero-order valence-electron chi connectivity index (χ0n) is 11.2. The first-order chi connectivity index (χ1) is 9.65. The number of carbonyl (C=O) groups is 1. The van der Waals surface area contributed by atoms with Crippen LogP contribution in [-0.4, -0.2) is 27.9 Å². The van der Waals surface area contributed by atoms with Crippen molar-refractivity contribution >= 4 is 28.5 Å². The molecule has 1 aromatic heterocycles. The van der Waals surface area contributed by atoms with Gasteiger partial charge in [-0.3, -0.25) is 4.79 Å². The number of amides is 1. The largest absolute Gasteiger partial charge is 0.355 e. The second kappa shape index (κ2) is 6.40. The highest BCUT2D eigenvalue weighted by Crippen LogP contribution is 2.18. The van der Waals surface area contributed by atoms with E-state index in [0.717, 1.165) is 16.9 Å². The highest BCUT2D eigenvalue weighted by Gasteiger charge is 2.11. The van der Waals surface area contributed by atoms with Gasteiger partial charge in [-0.2, -0.15) is 5.26 Å². The number of halogens is 1. The van der Waals surface area contributed by atoms with Crippen LogP contribution in [0.2, 0.25) is 0 Å². The van der Waals surface area contributed by atoms with E-state index in [4.69, 9.17) is 16.9 Å². The molecule has 104 valence electrons. The monoisotopic (exact) mass is 290 g/mol. The second-order valence-corrected chi connectivity index (χ2v) is 4.79. The molecule has 0 fully saturated rings. The molecule has 1 N–H and O–H groups in total. The average molecular weight is 291 g/mol. The van der Waals surface area contributed by atoms with E-state index >= 15 is 0 Å². The summed E-state index contributed by atoms with van der Waals surface area (Å²) in [5.41, 5.74) is 2.33. The Labute approximate surface area is 122 Å². The first-order valence-electron chi connectivity index (χ1n) is 6.35. The number of nitriles is 1. The lowest BCUT2D eigenvalue weighted by Gasteiger charge is -2.09. The number of nitrogens with zero attached hydrogens (tertiary/aromatic N) is 3. The Hall–Kier alpha value is -2.06. The van der Waals surface area contributed by atoms with E-state index in [2.05, 4.69) is 16.4 Å². The van der Waals surface area contributed by atoms with Crippen molar-refractivity contribution in [2.24, 2.45) is 0 Å². The smallest absolute Gasteiger partial charge is 0.216 e. The number of fused-ring (bicyclic) bond motifs is 1. The third-order valence-electron chi connectivity index (χ3n) is 2.98. The Morgan fingerprint density at radius 1 is 1.55 bits per heavy atom. The molecule has 0 atom stereocenters. The van der Waals surface area contributed by atoms with E-state index < -0.39 is 0 Å². The molecule has 2 aromatic rings. The van der Waals surface area contributed by atoms with Gasteiger partial charge in [-0.05, 0) is 18.2 Å². The van der Waals surface area contributed by atoms with Gasteiger partial charge in [0.05, 0.1) is 22.7 Å². The number of carbonyl (C=O) groups excluding carboxylic acids is 1. The van der Waals surface area contributed by atoms with Gasteiger partial charge in [0.25, 0.3) is 0 Å². The Kier molecular flexibility index (Phi) is 4.59. The molecule has 1 amide bonds. The second-order valence-electron chi connectivity index (χ2n) is 4.42. The number of rotatable bonds is 5. The van der Waals surface area contributed by atoms with Crippen LogP contribution in [-0.2, 0) is 17.8 Å². The number of hydrogen-bond acceptors (Lipinski definition) is 3. The molecule has 0 aliphatic carbocycles. The normalized spacial score (nSPS) is 10.4. The van der Waals surface area contributed by atoms with Crippen LogP contribution in [0.5, 0.6) is 0 Å². The molecule has 0 radical (unpaired) electrons. The minimum absolute atomic E-state index is 0.0639. The quantitative estimate of drug-likeness (QED) is 0.854. The van der Waals surface area contributed by atoms with Crippen molar-refractivity contribution in [2.75, 3.05) is 12.4 Å². The topological polar surface area (TPSA) is 70.7 Å². The Bertz CT molecular complexity index is 672. The van der Waals surface area contributed by atoms with Crippen LogP contribution in [0.4, 0.5) is 0 Å². The third kappa shape index (κ3) is 3.09. The molecule has 1 aromatic carbocycles. The summed E-state index contributed by atoms with van der Waals surface area (Å²) in [6.45, 7) is 2.61. The van der Waals surface area contributed by atoms with Crippen LogP contribution < -0.4 is 5.32 Å². The first kappa shape index (κ1) is 14.4. The maximum Gasteiger partial charge on any atom is 0.216 e. The highest BCUT2D eigenvalue weighted by atomic mass is 35.5. The van der Waals surface area contributed by atoms with Crippen molar-refractivity contribution in [1.29, 1.82) is 5.26 Å². The summed E-state index contributed by atoms with van der Waals surface area (Å²) in [5, 5.41) is 11.8. The third-order valence-corrected chi connectivity index (χ3v) is 3.17. The molecule has 1 heterocycles. The lowest BCUT2D eigenvalue weighted by Crippen LogP contribution is -2.25. The number of aromatic nitrogens is 2. The van der Waals surface area contributed by atoms with E-state index in [1.54, 1.807) is 6.07 Å². The number of imidazole rings is 1. The van der Waals surface area contributed by atoms with Crippen LogP contribution in [0, 0.1) is 11.3 Å². The van der Waals surface area contributed by atoms with Crippen molar-refractivity contribution in [3.8, 4) is 6.07 Å². The molecule has 0 aliphatic heterocycles. The standard InChI is InChI=1S/C14H15ClN4O/c1-10(20)17-6-7-19-13-8-11(9-16)2-3-12(13)18-14(19)4-5-15/h2-3,8H,4-7H2,1H3,(H,17,20). The summed E-state index contributed by atoms with van der Waals surface area (Å²) >= 11 is 5.80. The van der Waals surface area contributed by atoms with Crippen LogP contribution >= 0.6 is 11.6 Å². The number of aryl methyl sites for hydroxylation is 1. The molecular weight excluding hydrogens is 276 g/mol. The fourth-order valence-electron chi connectivity index (χ4n) is 2.11. The van der Waals surface area contributed by atoms with Crippen LogP contribution in [0.3, 0.4) is 0 Å². The summed E-state index contributed by atoms with van der Waals surface area (Å²) in [7, 11) is 0. The van der Waals surface area contributed by atoms with Crippen LogP contribution in [0.25, 0.3) is 11.0 Å². The molecule has 2 rings (SSSR count). The van der Waals surface area contributed by atoms with E-state index in [1.807, 2.05) is 16.7 Å². The molecule has 0 saturated heterocycles. The summed E-state index contributed by atoms with van der Waals surface area (Å²) in [6.07, 6.45) is 0.651. The molecule has 0 aliphatic rings. The predicted molar refractivity (Wildman–Crippen MR) is 77.6 cm³/mol. The zero-order valence-corrected chi connectivity index (χ0v) is 11.9. The number of benzene rings is 1. The molecule has 0 bridgehead atoms. The van der Waals surface area contributed by atoms with E-state index in [-0.39, 0.29) is 5.91 Å². The van der Waals surface area contributed by atoms with Gasteiger partial charge in [-0.1, -0.05) is 0 Å². The van der Waals surface area contributed by atoms with Gasteiger partial charge < -0.3 is 9.88 Å². The Balaban J connectivity index is 2.38. The predicted octanol–water partition coefficient (Wildman–Crippen LogP) is 1.83. The summed E-state index contributed by atoms with van der Waals surface area (Å²) in [4.78, 5) is 15.5. The van der Waals surface area contributed by atoms with Gasteiger partial charge in [-0.15, -0.1) is 11.6 Å². The van der Waals surface area contributed by atoms with Gasteiger partial charge in [-0.25, -0.2) is 4.98 Å². The van der Waals surface area contributed by atoms with Crippen LogP contribution in [0.1, 0.15) is 18.3 Å². The number of hydrogen-bond donors (Lipinski definition) is 1. The molecule has 6 heteroatoms. The molecule has 0 unspecified atom stereocenters. The van der Waals surface area contributed by atoms with Crippen LogP contribution in [0.15, 0.2) is 18.2 Å². The molecule has 0 saturated carbocycles. The van der Waals surface area contributed by atoms with Gasteiger partial charge in [0.2, 0.25) is 5.91 Å². The summed E-state index contributed by atoms with van der Waals surface area (Å²) < 4.78 is 2.01. The highest BCUT2D eigenvalue weighted by molar-refractivity contribution is 6.17. The fourth-order valence-corrected chi connectivity index (χ4v) is 2.28. The van der Waals surface area contributed by atoms with Gasteiger partial charge in [0.1, 0.15) is 5.82 Å². The van der Waals surface area contributed by atoms with E-state index in [1.165, 1.54) is 6.92 Å². The SMILES string of the molecule is CC(=O)NCCn1c(CCCl)nc2ccc(C#N)cc21. The minimum Gasteiger partial charge on any atom is -0.355 e. The van der Waals surface area contributed by atoms with Crippen molar-refractivity contribution in [3.63, 3.8) is 0 Å². The molecule has 20 heavy (non-hydrogen) atoms. The number of alkyl halides is 1. The molecular formula is C14H15ClN4O. The zero-order chi connectivity index (χ0) is 14.5. The summed E-state index contributed by atoms with van der Waals surface area (Å²) in [5.74, 6) is 1.29.